The second-order valence-corrected chi connectivity index (χ2v) is 9.59. The highest BCUT2D eigenvalue weighted by atomic mass is 35.5. The van der Waals surface area contributed by atoms with Crippen molar-refractivity contribution in [3.8, 4) is 0 Å². The van der Waals surface area contributed by atoms with Crippen LogP contribution < -0.4 is 0 Å². The van der Waals surface area contributed by atoms with Gasteiger partial charge in [0.1, 0.15) is 5.56 Å². The summed E-state index contributed by atoms with van der Waals surface area (Å²) >= 11 is 7.25. The standard InChI is InChI=1S/C16H15ClN2O5S2/c17-11-3-4-13(19(21)22)12(10-11)16(20)18-6-5-15(14-2-1-8-25-14)26(23,24)9-7-18/h1-4,8,10,15H,5-7,9H2. The highest BCUT2D eigenvalue weighted by Gasteiger charge is 2.34. The predicted octanol–water partition coefficient (Wildman–Crippen LogP) is 3.31. The molecule has 1 aliphatic heterocycles. The summed E-state index contributed by atoms with van der Waals surface area (Å²) in [5, 5.41) is 12.6. The number of rotatable bonds is 3. The molecule has 1 amide bonds. The van der Waals surface area contributed by atoms with E-state index in [2.05, 4.69) is 0 Å². The molecule has 2 heterocycles. The number of sulfone groups is 1. The number of hydrogen-bond acceptors (Lipinski definition) is 6. The molecule has 1 fully saturated rings. The van der Waals surface area contributed by atoms with Crippen molar-refractivity contribution in [2.75, 3.05) is 18.8 Å². The van der Waals surface area contributed by atoms with Crippen LogP contribution in [-0.4, -0.2) is 43.0 Å². The second-order valence-electron chi connectivity index (χ2n) is 5.87. The van der Waals surface area contributed by atoms with E-state index in [0.29, 0.717) is 0 Å². The van der Waals surface area contributed by atoms with Gasteiger partial charge in [0.2, 0.25) is 0 Å². The van der Waals surface area contributed by atoms with Gasteiger partial charge in [-0.15, -0.1) is 11.3 Å². The Morgan fingerprint density at radius 1 is 1.31 bits per heavy atom. The summed E-state index contributed by atoms with van der Waals surface area (Å²) in [5.74, 6) is -0.767. The highest BCUT2D eigenvalue weighted by Crippen LogP contribution is 2.33. The van der Waals surface area contributed by atoms with Crippen LogP contribution >= 0.6 is 22.9 Å². The van der Waals surface area contributed by atoms with Gasteiger partial charge in [-0.3, -0.25) is 14.9 Å². The predicted molar refractivity (Wildman–Crippen MR) is 99.5 cm³/mol. The van der Waals surface area contributed by atoms with Crippen LogP contribution in [0.1, 0.15) is 26.9 Å². The van der Waals surface area contributed by atoms with E-state index < -0.39 is 25.9 Å². The van der Waals surface area contributed by atoms with Crippen LogP contribution in [0.4, 0.5) is 5.69 Å². The SMILES string of the molecule is O=C(c1cc(Cl)ccc1[N+](=O)[O-])N1CCC(c2cccs2)S(=O)(=O)CC1. The first-order valence-electron chi connectivity index (χ1n) is 7.78. The van der Waals surface area contributed by atoms with Crippen LogP contribution in [0.15, 0.2) is 35.7 Å². The van der Waals surface area contributed by atoms with Crippen LogP contribution in [-0.2, 0) is 9.84 Å². The van der Waals surface area contributed by atoms with Crippen molar-refractivity contribution in [3.05, 3.63) is 61.3 Å². The summed E-state index contributed by atoms with van der Waals surface area (Å²) in [7, 11) is -3.41. The van der Waals surface area contributed by atoms with E-state index in [1.807, 2.05) is 5.38 Å². The molecule has 10 heteroatoms. The number of carbonyl (C=O) groups excluding carboxylic acids is 1. The van der Waals surface area contributed by atoms with Crippen molar-refractivity contribution >= 4 is 44.4 Å². The lowest BCUT2D eigenvalue weighted by molar-refractivity contribution is -0.385. The Morgan fingerprint density at radius 3 is 2.73 bits per heavy atom. The zero-order valence-electron chi connectivity index (χ0n) is 13.5. The van der Waals surface area contributed by atoms with Crippen LogP contribution in [0.5, 0.6) is 0 Å². The second kappa shape index (κ2) is 7.34. The number of amides is 1. The van der Waals surface area contributed by atoms with Gasteiger partial charge in [-0.05, 0) is 30.0 Å². The maximum atomic E-state index is 12.8. The average Bonchev–Trinajstić information content (AvgIpc) is 3.05. The lowest BCUT2D eigenvalue weighted by Crippen LogP contribution is -2.34. The normalized spacial score (nSPS) is 19.7. The summed E-state index contributed by atoms with van der Waals surface area (Å²) in [5.41, 5.74) is -0.476. The van der Waals surface area contributed by atoms with E-state index in [1.165, 1.54) is 34.4 Å². The van der Waals surface area contributed by atoms with Crippen LogP contribution in [0.2, 0.25) is 5.02 Å². The third-order valence-electron chi connectivity index (χ3n) is 4.27. The Kier molecular flexibility index (Phi) is 5.31. The molecule has 1 unspecified atom stereocenters. The molecular weight excluding hydrogens is 400 g/mol. The fraction of sp³-hybridized carbons (Fsp3) is 0.312. The Morgan fingerprint density at radius 2 is 2.08 bits per heavy atom. The largest absolute Gasteiger partial charge is 0.337 e. The zero-order chi connectivity index (χ0) is 18.9. The highest BCUT2D eigenvalue weighted by molar-refractivity contribution is 7.91. The molecule has 1 aliphatic rings. The van der Waals surface area contributed by atoms with Gasteiger partial charge >= 0.3 is 0 Å². The van der Waals surface area contributed by atoms with Gasteiger partial charge in [0.25, 0.3) is 11.6 Å². The minimum Gasteiger partial charge on any atom is -0.337 e. The number of nitrogens with zero attached hydrogens (tertiary/aromatic N) is 2. The molecular formula is C16H15ClN2O5S2. The number of thiophene rings is 1. The van der Waals surface area contributed by atoms with Crippen LogP contribution in [0.3, 0.4) is 0 Å². The third kappa shape index (κ3) is 3.74. The van der Waals surface area contributed by atoms with E-state index in [1.54, 1.807) is 12.1 Å². The fourth-order valence-electron chi connectivity index (χ4n) is 2.95. The molecule has 1 aromatic carbocycles. The number of benzene rings is 1. The first-order valence-corrected chi connectivity index (χ1v) is 10.7. The Hall–Kier alpha value is -1.97. The molecule has 26 heavy (non-hydrogen) atoms. The number of nitro groups is 1. The molecule has 0 spiro atoms. The third-order valence-corrected chi connectivity index (χ3v) is 7.75. The van der Waals surface area contributed by atoms with E-state index in [0.717, 1.165) is 4.88 Å². The molecule has 7 nitrogen and oxygen atoms in total. The monoisotopic (exact) mass is 414 g/mol. The summed E-state index contributed by atoms with van der Waals surface area (Å²) in [6.07, 6.45) is 0.253. The lowest BCUT2D eigenvalue weighted by Gasteiger charge is -2.20. The maximum Gasteiger partial charge on any atom is 0.282 e. The minimum atomic E-state index is -3.41. The van der Waals surface area contributed by atoms with Gasteiger partial charge < -0.3 is 4.90 Å². The van der Waals surface area contributed by atoms with E-state index in [9.17, 15) is 23.3 Å². The van der Waals surface area contributed by atoms with Gasteiger partial charge in [-0.2, -0.15) is 0 Å². The molecule has 0 bridgehead atoms. The zero-order valence-corrected chi connectivity index (χ0v) is 15.9. The average molecular weight is 415 g/mol. The van der Waals surface area contributed by atoms with Gasteiger partial charge in [-0.25, -0.2) is 8.42 Å². The van der Waals surface area contributed by atoms with Crippen LogP contribution in [0.25, 0.3) is 0 Å². The number of carbonyl (C=O) groups is 1. The molecule has 2 aromatic rings. The Bertz CT molecular complexity index is 944. The number of nitro benzene ring substituents is 1. The Balaban J connectivity index is 1.89. The molecule has 0 saturated carbocycles. The molecule has 0 N–H and O–H groups in total. The molecule has 1 atom stereocenters. The molecule has 1 aromatic heterocycles. The first kappa shape index (κ1) is 18.8. The topological polar surface area (TPSA) is 97.6 Å². The maximum absolute atomic E-state index is 12.8. The van der Waals surface area contributed by atoms with Crippen molar-refractivity contribution in [1.82, 2.24) is 4.90 Å². The minimum absolute atomic E-state index is 0.00723. The molecule has 1 saturated heterocycles. The smallest absolute Gasteiger partial charge is 0.282 e. The van der Waals surface area contributed by atoms with Crippen molar-refractivity contribution in [3.63, 3.8) is 0 Å². The summed E-state index contributed by atoms with van der Waals surface area (Å²) in [4.78, 5) is 25.4. The summed E-state index contributed by atoms with van der Waals surface area (Å²) in [6.45, 7) is 0.191. The molecule has 0 aliphatic carbocycles. The van der Waals surface area contributed by atoms with E-state index in [4.69, 9.17) is 11.6 Å². The fourth-order valence-corrected chi connectivity index (χ4v) is 6.13. The number of hydrogen-bond donors (Lipinski definition) is 0. The van der Waals surface area contributed by atoms with Gasteiger partial charge in [0, 0.05) is 29.1 Å². The van der Waals surface area contributed by atoms with Crippen LogP contribution in [0, 0.1) is 10.1 Å². The van der Waals surface area contributed by atoms with Crippen molar-refractivity contribution in [1.29, 1.82) is 0 Å². The van der Waals surface area contributed by atoms with Crippen molar-refractivity contribution < 1.29 is 18.1 Å². The quantitative estimate of drug-likeness (QED) is 0.566. The van der Waals surface area contributed by atoms with Gasteiger partial charge in [0.15, 0.2) is 9.84 Å². The number of halogens is 1. The first-order chi connectivity index (χ1) is 12.3. The van der Waals surface area contributed by atoms with E-state index in [-0.39, 0.29) is 41.5 Å². The van der Waals surface area contributed by atoms with Crippen molar-refractivity contribution in [2.45, 2.75) is 11.7 Å². The summed E-state index contributed by atoms with van der Waals surface area (Å²) in [6, 6.07) is 7.33. The lowest BCUT2D eigenvalue weighted by atomic mass is 10.1. The molecule has 138 valence electrons. The van der Waals surface area contributed by atoms with E-state index >= 15 is 0 Å². The van der Waals surface area contributed by atoms with Crippen molar-refractivity contribution in [2.24, 2.45) is 0 Å². The molecule has 3 rings (SSSR count). The summed E-state index contributed by atoms with van der Waals surface area (Å²) < 4.78 is 25.1. The van der Waals surface area contributed by atoms with Gasteiger partial charge in [-0.1, -0.05) is 17.7 Å². The molecule has 0 radical (unpaired) electrons. The Labute approximate surface area is 159 Å². The van der Waals surface area contributed by atoms with Gasteiger partial charge in [0.05, 0.1) is 15.9 Å².